The summed E-state index contributed by atoms with van der Waals surface area (Å²) in [7, 11) is 0. The van der Waals surface area contributed by atoms with Crippen LogP contribution in [0.3, 0.4) is 0 Å². The predicted molar refractivity (Wildman–Crippen MR) is 118 cm³/mol. The summed E-state index contributed by atoms with van der Waals surface area (Å²) in [5.41, 5.74) is 8.84. The maximum atomic E-state index is 12.9. The summed E-state index contributed by atoms with van der Waals surface area (Å²) < 4.78 is 4.97. The first-order chi connectivity index (χ1) is 17.1. The molecule has 3 amide bonds. The summed E-state index contributed by atoms with van der Waals surface area (Å²) in [4.78, 5) is 76.9. The van der Waals surface area contributed by atoms with Gasteiger partial charge in [-0.05, 0) is 29.8 Å². The lowest BCUT2D eigenvalue weighted by molar-refractivity contribution is -0.384. The topological polar surface area (TPSA) is 189 Å². The molecule has 36 heavy (non-hydrogen) atoms. The molecule has 1 saturated heterocycles. The van der Waals surface area contributed by atoms with Crippen molar-refractivity contribution in [1.82, 2.24) is 10.2 Å². The summed E-state index contributed by atoms with van der Waals surface area (Å²) >= 11 is 0. The highest BCUT2D eigenvalue weighted by Gasteiger charge is 2.55. The molecule has 2 aliphatic rings. The third kappa shape index (κ3) is 4.03. The lowest BCUT2D eigenvalue weighted by Crippen LogP contribution is -2.69. The van der Waals surface area contributed by atoms with Crippen molar-refractivity contribution in [2.24, 2.45) is 11.8 Å². The van der Waals surface area contributed by atoms with Crippen LogP contribution in [0.1, 0.15) is 33.2 Å². The number of ether oxygens (including phenoxy) is 1. The number of imide groups is 1. The number of non-ortho nitro benzene ring substituents is 1. The van der Waals surface area contributed by atoms with Gasteiger partial charge < -0.3 is 15.6 Å². The fourth-order valence-electron chi connectivity index (χ4n) is 4.07. The second kappa shape index (κ2) is 9.31. The molecule has 0 aliphatic carbocycles. The van der Waals surface area contributed by atoms with Crippen molar-refractivity contribution in [3.63, 3.8) is 0 Å². The summed E-state index contributed by atoms with van der Waals surface area (Å²) in [5, 5.41) is 13.2. The molecule has 1 fully saturated rings. The van der Waals surface area contributed by atoms with Crippen LogP contribution in [0.5, 0.6) is 0 Å². The van der Waals surface area contributed by atoms with Crippen molar-refractivity contribution in [2.75, 3.05) is 0 Å². The van der Waals surface area contributed by atoms with Gasteiger partial charge in [-0.15, -0.1) is 0 Å². The van der Waals surface area contributed by atoms with E-state index in [0.717, 1.165) is 4.90 Å². The average Bonchev–Trinajstić information content (AvgIpc) is 3.11. The number of hydrogen-bond acceptors (Lipinski definition) is 8. The van der Waals surface area contributed by atoms with Gasteiger partial charge in [-0.2, -0.15) is 4.79 Å². The highest BCUT2D eigenvalue weighted by molar-refractivity contribution is 6.62. The summed E-state index contributed by atoms with van der Waals surface area (Å²) in [5.74, 6) is -6.68. The number of hydrogen-bond donors (Lipinski definition) is 1. The molecule has 1 N–H and O–H groups in total. The van der Waals surface area contributed by atoms with E-state index in [-0.39, 0.29) is 23.4 Å². The number of rotatable bonds is 8. The van der Waals surface area contributed by atoms with E-state index in [1.807, 2.05) is 0 Å². The number of amides is 3. The van der Waals surface area contributed by atoms with Gasteiger partial charge in [0.2, 0.25) is 5.91 Å². The number of esters is 1. The van der Waals surface area contributed by atoms with Crippen molar-refractivity contribution < 1.29 is 38.4 Å². The Kier molecular flexibility index (Phi) is 6.24. The number of β-lactam (4-membered cyclic amide) rings is 1. The van der Waals surface area contributed by atoms with E-state index in [9.17, 15) is 39.6 Å². The van der Waals surface area contributed by atoms with Gasteiger partial charge in [0.25, 0.3) is 23.3 Å². The molecule has 4 rings (SSSR count). The Morgan fingerprint density at radius 1 is 1.11 bits per heavy atom. The molecule has 2 aromatic carbocycles. The summed E-state index contributed by atoms with van der Waals surface area (Å²) in [6.07, 6.45) is -1.14. The zero-order valence-corrected chi connectivity index (χ0v) is 18.6. The lowest BCUT2D eigenvalue weighted by Gasteiger charge is -2.43. The Balaban J connectivity index is 1.45. The van der Waals surface area contributed by atoms with E-state index in [2.05, 4.69) is 10.1 Å². The van der Waals surface area contributed by atoms with E-state index in [4.69, 9.17) is 4.74 Å². The Morgan fingerprint density at radius 2 is 1.69 bits per heavy atom. The maximum Gasteiger partial charge on any atom is 0.441 e. The number of carbonyl (C=O) groups is 5. The fourth-order valence-corrected chi connectivity index (χ4v) is 4.07. The van der Waals surface area contributed by atoms with Crippen LogP contribution in [0, 0.1) is 22.0 Å². The normalized spacial score (nSPS) is 18.9. The minimum Gasteiger partial charge on any atom is -0.452 e. The van der Waals surface area contributed by atoms with Crippen LogP contribution in [0.25, 0.3) is 5.53 Å². The number of nitrogens with zero attached hydrogens (tertiary/aromatic N) is 4. The second-order valence-corrected chi connectivity index (χ2v) is 8.11. The highest BCUT2D eigenvalue weighted by Crippen LogP contribution is 2.33. The van der Waals surface area contributed by atoms with Gasteiger partial charge >= 0.3 is 11.7 Å². The van der Waals surface area contributed by atoms with Gasteiger partial charge in [0.15, 0.2) is 0 Å². The third-order valence-electron chi connectivity index (χ3n) is 6.03. The summed E-state index contributed by atoms with van der Waals surface area (Å²) in [6.45, 7) is 0.921. The molecule has 2 heterocycles. The Morgan fingerprint density at radius 3 is 2.19 bits per heavy atom. The number of Topliss-reactive ketones (excluding diaryl/α,β-unsaturated/α-hetero) is 1. The van der Waals surface area contributed by atoms with E-state index in [0.29, 0.717) is 5.56 Å². The van der Waals surface area contributed by atoms with Crippen LogP contribution in [0.4, 0.5) is 5.69 Å². The zero-order valence-electron chi connectivity index (χ0n) is 18.6. The van der Waals surface area contributed by atoms with Crippen molar-refractivity contribution in [2.45, 2.75) is 19.7 Å². The van der Waals surface area contributed by atoms with E-state index in [1.54, 1.807) is 12.1 Å². The smallest absolute Gasteiger partial charge is 0.441 e. The number of ketones is 1. The predicted octanol–water partition coefficient (Wildman–Crippen LogP) is 0.882. The molecule has 0 spiro atoms. The van der Waals surface area contributed by atoms with Crippen molar-refractivity contribution >= 4 is 40.9 Å². The number of nitro benzene ring substituents is 1. The van der Waals surface area contributed by atoms with E-state index >= 15 is 0 Å². The molecule has 182 valence electrons. The highest BCUT2D eigenvalue weighted by atomic mass is 16.6. The third-order valence-corrected chi connectivity index (χ3v) is 6.03. The minimum atomic E-state index is -1.29. The van der Waals surface area contributed by atoms with Gasteiger partial charge in [-0.3, -0.25) is 34.2 Å². The molecule has 3 atom stereocenters. The van der Waals surface area contributed by atoms with Crippen LogP contribution in [-0.4, -0.2) is 56.0 Å². The average molecular weight is 491 g/mol. The fraction of sp³-hybridized carbons (Fsp3) is 0.217. The monoisotopic (exact) mass is 491 g/mol. The zero-order chi connectivity index (χ0) is 26.1. The Bertz CT molecular complexity index is 1340. The largest absolute Gasteiger partial charge is 0.452 e. The number of nitro groups is 1. The van der Waals surface area contributed by atoms with Gasteiger partial charge in [-0.25, -0.2) is 4.79 Å². The Hall–Kier alpha value is -5.03. The van der Waals surface area contributed by atoms with Crippen molar-refractivity contribution in [3.05, 3.63) is 80.9 Å². The second-order valence-electron chi connectivity index (χ2n) is 8.11. The first-order valence-corrected chi connectivity index (χ1v) is 10.6. The van der Waals surface area contributed by atoms with Crippen LogP contribution >= 0.6 is 0 Å². The summed E-state index contributed by atoms with van der Waals surface area (Å²) in [6, 6.07) is 11.2. The molecule has 0 aromatic heterocycles. The molecule has 13 heteroatoms. The van der Waals surface area contributed by atoms with Gasteiger partial charge in [0.05, 0.1) is 22.0 Å². The first kappa shape index (κ1) is 24.1. The number of nitrogens with one attached hydrogen (secondary N) is 1. The number of fused-ring (bicyclic) bond motifs is 1. The maximum absolute atomic E-state index is 12.9. The van der Waals surface area contributed by atoms with Crippen LogP contribution in [0.15, 0.2) is 48.5 Å². The standard InChI is InChI=1S/C23H17N5O8/c1-11(16-19(25-20(16)30)27-21(31)14-4-2-3-5-15(14)22(27)32)18(29)17(26-24)23(33)36-10-12-6-8-13(9-7-12)28(34)35/h2-9,11,16,19H,10H2,1H3,(H,25,30)/t11-,16-,19-/m1/s1. The van der Waals surface area contributed by atoms with Gasteiger partial charge in [0.1, 0.15) is 12.8 Å². The molecule has 0 saturated carbocycles. The molecule has 2 aliphatic heterocycles. The van der Waals surface area contributed by atoms with Crippen LogP contribution in [0.2, 0.25) is 0 Å². The molecule has 0 radical (unpaired) electrons. The van der Waals surface area contributed by atoms with Crippen molar-refractivity contribution in [3.8, 4) is 0 Å². The minimum absolute atomic E-state index is 0.161. The molecular weight excluding hydrogens is 474 g/mol. The molecule has 0 bridgehead atoms. The van der Waals surface area contributed by atoms with Crippen molar-refractivity contribution in [1.29, 1.82) is 0 Å². The number of benzene rings is 2. The van der Waals surface area contributed by atoms with Crippen LogP contribution in [-0.2, 0) is 25.7 Å². The van der Waals surface area contributed by atoms with Crippen LogP contribution < -0.4 is 5.32 Å². The molecular formula is C23H17N5O8. The Labute approximate surface area is 202 Å². The quantitative estimate of drug-likeness (QED) is 0.0648. The van der Waals surface area contributed by atoms with Gasteiger partial charge in [-0.1, -0.05) is 19.1 Å². The lowest BCUT2D eigenvalue weighted by atomic mass is 9.80. The van der Waals surface area contributed by atoms with Gasteiger partial charge in [0, 0.05) is 18.1 Å². The molecule has 13 nitrogen and oxygen atoms in total. The van der Waals surface area contributed by atoms with E-state index < -0.39 is 58.1 Å². The molecule has 2 aromatic rings. The molecule has 0 unspecified atom stereocenters. The number of carbonyl (C=O) groups excluding carboxylic acids is 5. The first-order valence-electron chi connectivity index (χ1n) is 10.6. The SMILES string of the molecule is C[C@@H](C(=O)C(=[N+]=[N-])C(=O)OCc1ccc([N+](=O)[O-])cc1)[C@H]1C(=O)N[C@@H]1N1C(=O)c2ccccc2C1=O. The van der Waals surface area contributed by atoms with E-state index in [1.165, 1.54) is 43.3 Å².